The summed E-state index contributed by atoms with van der Waals surface area (Å²) in [5.41, 5.74) is 12.9. The fraction of sp³-hybridized carbons (Fsp3) is 0. The molecule has 8 rings (SSSR count). The van der Waals surface area contributed by atoms with Gasteiger partial charge in [0.05, 0.1) is 0 Å². The Morgan fingerprint density at radius 3 is 1.21 bits per heavy atom. The number of hydrogen-bond donors (Lipinski definition) is 0. The summed E-state index contributed by atoms with van der Waals surface area (Å²) in [4.78, 5) is 2.36. The van der Waals surface area contributed by atoms with Gasteiger partial charge in [-0.3, -0.25) is 0 Å². The molecule has 0 atom stereocenters. The first-order valence-corrected chi connectivity index (χ1v) is 16.1. The smallest absolute Gasteiger partial charge is 0.0467 e. The van der Waals surface area contributed by atoms with Crippen molar-refractivity contribution in [3.8, 4) is 44.5 Å². The molecule has 222 valence electrons. The van der Waals surface area contributed by atoms with E-state index >= 15 is 0 Å². The summed E-state index contributed by atoms with van der Waals surface area (Å²) in [6.07, 6.45) is 0. The minimum Gasteiger partial charge on any atom is -0.310 e. The van der Waals surface area contributed by atoms with Crippen molar-refractivity contribution in [1.29, 1.82) is 0 Å². The highest BCUT2D eigenvalue weighted by Gasteiger charge is 2.15. The Balaban J connectivity index is 1.18. The average molecular weight is 600 g/mol. The third-order valence-electron chi connectivity index (χ3n) is 8.83. The molecule has 0 amide bonds. The predicted octanol–water partition coefficient (Wildman–Crippen LogP) is 13.0. The van der Waals surface area contributed by atoms with Gasteiger partial charge in [-0.15, -0.1) is 0 Å². The summed E-state index contributed by atoms with van der Waals surface area (Å²) in [5, 5.41) is 2.52. The highest BCUT2D eigenvalue weighted by molar-refractivity contribution is 5.88. The molecule has 8 aromatic carbocycles. The van der Waals surface area contributed by atoms with Crippen LogP contribution in [0.2, 0.25) is 0 Å². The summed E-state index contributed by atoms with van der Waals surface area (Å²) >= 11 is 0. The van der Waals surface area contributed by atoms with Gasteiger partial charge in [0.2, 0.25) is 0 Å². The van der Waals surface area contributed by atoms with Gasteiger partial charge in [0, 0.05) is 17.1 Å². The van der Waals surface area contributed by atoms with E-state index in [0.29, 0.717) is 0 Å². The lowest BCUT2D eigenvalue weighted by atomic mass is 9.97. The molecule has 0 fully saturated rings. The molecule has 0 aromatic heterocycles. The Kier molecular flexibility index (Phi) is 7.63. The van der Waals surface area contributed by atoms with Crippen molar-refractivity contribution in [3.63, 3.8) is 0 Å². The molecule has 0 saturated heterocycles. The van der Waals surface area contributed by atoms with E-state index in [4.69, 9.17) is 0 Å². The summed E-state index contributed by atoms with van der Waals surface area (Å²) in [5.74, 6) is 0. The van der Waals surface area contributed by atoms with E-state index in [0.717, 1.165) is 17.1 Å². The normalized spacial score (nSPS) is 11.0. The van der Waals surface area contributed by atoms with Crippen LogP contribution in [0.5, 0.6) is 0 Å². The van der Waals surface area contributed by atoms with Crippen molar-refractivity contribution in [2.45, 2.75) is 0 Å². The Morgan fingerprint density at radius 1 is 0.213 bits per heavy atom. The van der Waals surface area contributed by atoms with Crippen LogP contribution >= 0.6 is 0 Å². The van der Waals surface area contributed by atoms with Crippen molar-refractivity contribution in [2.24, 2.45) is 0 Å². The second-order valence-electron chi connectivity index (χ2n) is 11.9. The van der Waals surface area contributed by atoms with Gasteiger partial charge in [0.1, 0.15) is 0 Å². The maximum Gasteiger partial charge on any atom is 0.0467 e. The summed E-state index contributed by atoms with van der Waals surface area (Å²) in [7, 11) is 0. The Bertz CT molecular complexity index is 2200. The second-order valence-corrected chi connectivity index (χ2v) is 11.9. The molecular formula is C46H33N. The Labute approximate surface area is 276 Å². The largest absolute Gasteiger partial charge is 0.310 e. The van der Waals surface area contributed by atoms with Crippen LogP contribution in [0.25, 0.3) is 55.3 Å². The van der Waals surface area contributed by atoms with Crippen LogP contribution in [-0.4, -0.2) is 0 Å². The van der Waals surface area contributed by atoms with E-state index in [1.807, 2.05) is 0 Å². The number of nitrogens with zero attached hydrogens (tertiary/aromatic N) is 1. The first kappa shape index (κ1) is 28.3. The van der Waals surface area contributed by atoms with Crippen molar-refractivity contribution in [3.05, 3.63) is 200 Å². The van der Waals surface area contributed by atoms with Gasteiger partial charge in [-0.2, -0.15) is 0 Å². The third kappa shape index (κ3) is 5.95. The van der Waals surface area contributed by atoms with Gasteiger partial charge in [-0.05, 0) is 104 Å². The summed E-state index contributed by atoms with van der Waals surface area (Å²) in [6, 6.07) is 71.8. The van der Waals surface area contributed by atoms with Crippen molar-refractivity contribution in [1.82, 2.24) is 0 Å². The molecule has 1 heteroatoms. The van der Waals surface area contributed by atoms with Crippen LogP contribution in [0.1, 0.15) is 0 Å². The predicted molar refractivity (Wildman–Crippen MR) is 200 cm³/mol. The fourth-order valence-electron chi connectivity index (χ4n) is 6.41. The highest BCUT2D eigenvalue weighted by Crippen LogP contribution is 2.39. The molecule has 47 heavy (non-hydrogen) atoms. The first-order chi connectivity index (χ1) is 23.3. The third-order valence-corrected chi connectivity index (χ3v) is 8.83. The lowest BCUT2D eigenvalue weighted by Crippen LogP contribution is -2.10. The first-order valence-electron chi connectivity index (χ1n) is 16.1. The number of rotatable bonds is 7. The zero-order valence-corrected chi connectivity index (χ0v) is 26.0. The van der Waals surface area contributed by atoms with Gasteiger partial charge in [0.15, 0.2) is 0 Å². The van der Waals surface area contributed by atoms with E-state index in [-0.39, 0.29) is 0 Å². The monoisotopic (exact) mass is 599 g/mol. The second kappa shape index (κ2) is 12.7. The summed E-state index contributed by atoms with van der Waals surface area (Å²) < 4.78 is 0. The van der Waals surface area contributed by atoms with Gasteiger partial charge in [0.25, 0.3) is 0 Å². The fourth-order valence-corrected chi connectivity index (χ4v) is 6.41. The van der Waals surface area contributed by atoms with Crippen molar-refractivity contribution >= 4 is 27.8 Å². The molecule has 0 N–H and O–H groups in total. The maximum absolute atomic E-state index is 2.36. The van der Waals surface area contributed by atoms with Gasteiger partial charge >= 0.3 is 0 Å². The number of benzene rings is 8. The van der Waals surface area contributed by atoms with Gasteiger partial charge < -0.3 is 4.90 Å². The van der Waals surface area contributed by atoms with Crippen molar-refractivity contribution in [2.75, 3.05) is 4.90 Å². The van der Waals surface area contributed by atoms with E-state index in [2.05, 4.69) is 205 Å². The number of fused-ring (bicyclic) bond motifs is 1. The van der Waals surface area contributed by atoms with Crippen LogP contribution in [-0.2, 0) is 0 Å². The minimum absolute atomic E-state index is 1.11. The lowest BCUT2D eigenvalue weighted by Gasteiger charge is -2.27. The molecule has 0 saturated carbocycles. The zero-order chi connectivity index (χ0) is 31.4. The van der Waals surface area contributed by atoms with Gasteiger partial charge in [-0.25, -0.2) is 0 Å². The Morgan fingerprint density at radius 2 is 0.617 bits per heavy atom. The van der Waals surface area contributed by atoms with E-state index in [1.165, 1.54) is 55.3 Å². The molecular weight excluding hydrogens is 567 g/mol. The van der Waals surface area contributed by atoms with Crippen LogP contribution in [0.3, 0.4) is 0 Å². The molecule has 8 aromatic rings. The molecule has 0 aliphatic rings. The van der Waals surface area contributed by atoms with Crippen molar-refractivity contribution < 1.29 is 0 Å². The standard InChI is InChI=1S/C46H33N/c1-3-12-34(13-4-1)41-20-10-22-45(32-41)47(46-23-11-21-42(33-46)35-14-5-2-6-15-35)44-28-26-37(27-29-44)39-18-9-19-40(30-39)43-25-24-36-16-7-8-17-38(36)31-43/h1-33H. The topological polar surface area (TPSA) is 3.24 Å². The molecule has 0 heterocycles. The molecule has 0 aliphatic heterocycles. The van der Waals surface area contributed by atoms with Crippen LogP contribution in [0, 0.1) is 0 Å². The number of anilines is 3. The maximum atomic E-state index is 2.36. The quantitative estimate of drug-likeness (QED) is 0.176. The minimum atomic E-state index is 1.11. The molecule has 0 radical (unpaired) electrons. The molecule has 0 unspecified atom stereocenters. The van der Waals surface area contributed by atoms with Crippen LogP contribution in [0.4, 0.5) is 17.1 Å². The molecule has 0 bridgehead atoms. The van der Waals surface area contributed by atoms with E-state index < -0.39 is 0 Å². The van der Waals surface area contributed by atoms with E-state index in [1.54, 1.807) is 0 Å². The molecule has 0 spiro atoms. The highest BCUT2D eigenvalue weighted by atomic mass is 15.1. The summed E-state index contributed by atoms with van der Waals surface area (Å²) in [6.45, 7) is 0. The van der Waals surface area contributed by atoms with E-state index in [9.17, 15) is 0 Å². The average Bonchev–Trinajstić information content (AvgIpc) is 3.16. The Hall–Kier alpha value is -6.18. The SMILES string of the molecule is c1ccc(-c2cccc(N(c3ccc(-c4cccc(-c5ccc6ccccc6c5)c4)cc3)c3cccc(-c4ccccc4)c3)c2)cc1. The van der Waals surface area contributed by atoms with Crippen LogP contribution < -0.4 is 4.90 Å². The van der Waals surface area contributed by atoms with Gasteiger partial charge in [-0.1, -0.05) is 152 Å². The van der Waals surface area contributed by atoms with Crippen LogP contribution in [0.15, 0.2) is 200 Å². The lowest BCUT2D eigenvalue weighted by molar-refractivity contribution is 1.28. The number of hydrogen-bond acceptors (Lipinski definition) is 1. The molecule has 1 nitrogen and oxygen atoms in total. The molecule has 0 aliphatic carbocycles. The zero-order valence-electron chi connectivity index (χ0n) is 26.0.